The highest BCUT2D eigenvalue weighted by atomic mass is 19.1. The molecule has 1 rings (SSSR count). The average molecular weight is 297 g/mol. The van der Waals surface area contributed by atoms with Gasteiger partial charge in [-0.1, -0.05) is 13.8 Å². The van der Waals surface area contributed by atoms with E-state index in [9.17, 15) is 4.39 Å². The predicted molar refractivity (Wildman–Crippen MR) is 83.8 cm³/mol. The molecule has 21 heavy (non-hydrogen) atoms. The molecule has 0 aromatic carbocycles. The average Bonchev–Trinajstić information content (AvgIpc) is 2.50. The lowest BCUT2D eigenvalue weighted by molar-refractivity contribution is 0.113. The van der Waals surface area contributed by atoms with Gasteiger partial charge in [0.1, 0.15) is 5.82 Å². The van der Waals surface area contributed by atoms with E-state index in [1.807, 2.05) is 6.92 Å². The zero-order valence-electron chi connectivity index (χ0n) is 13.4. The van der Waals surface area contributed by atoms with Crippen LogP contribution >= 0.6 is 0 Å². The number of likely N-dealkylation sites (N-methyl/N-ethyl adjacent to an activating group) is 1. The number of nitrogens with one attached hydrogen (secondary N) is 1. The Morgan fingerprint density at radius 2 is 2.10 bits per heavy atom. The fourth-order valence-electron chi connectivity index (χ4n) is 2.27. The number of ether oxygens (including phenoxy) is 1. The van der Waals surface area contributed by atoms with E-state index in [4.69, 9.17) is 4.74 Å². The summed E-state index contributed by atoms with van der Waals surface area (Å²) < 4.78 is 18.4. The van der Waals surface area contributed by atoms with Gasteiger partial charge in [-0.25, -0.2) is 4.39 Å². The zero-order valence-corrected chi connectivity index (χ0v) is 13.4. The quantitative estimate of drug-likeness (QED) is 0.637. The Morgan fingerprint density at radius 1 is 1.29 bits per heavy atom. The van der Waals surface area contributed by atoms with E-state index in [1.54, 1.807) is 6.07 Å². The number of pyridine rings is 1. The first kappa shape index (κ1) is 18.0. The molecule has 1 N–H and O–H groups in total. The molecule has 0 fully saturated rings. The number of rotatable bonds is 11. The lowest BCUT2D eigenvalue weighted by Gasteiger charge is -2.24. The number of halogens is 1. The number of hydrogen-bond donors (Lipinski definition) is 1. The van der Waals surface area contributed by atoms with E-state index >= 15 is 0 Å². The summed E-state index contributed by atoms with van der Waals surface area (Å²) in [4.78, 5) is 6.56. The normalized spacial score (nSPS) is 12.8. The summed E-state index contributed by atoms with van der Waals surface area (Å²) in [5, 5.41) is 3.42. The van der Waals surface area contributed by atoms with Gasteiger partial charge in [-0.05, 0) is 38.6 Å². The minimum Gasteiger partial charge on any atom is -0.380 e. The Hall–Kier alpha value is -1.04. The molecule has 0 saturated heterocycles. The third kappa shape index (κ3) is 6.98. The van der Waals surface area contributed by atoms with Gasteiger partial charge < -0.3 is 15.0 Å². The SMILES string of the molecule is CCNC(CCN(CC)CCOCC)c1ccc(F)cn1. The van der Waals surface area contributed by atoms with Gasteiger partial charge in [-0.15, -0.1) is 0 Å². The maximum atomic E-state index is 13.0. The van der Waals surface area contributed by atoms with Crippen molar-refractivity contribution in [3.8, 4) is 0 Å². The van der Waals surface area contributed by atoms with Crippen molar-refractivity contribution in [3.05, 3.63) is 29.8 Å². The van der Waals surface area contributed by atoms with Crippen molar-refractivity contribution in [1.29, 1.82) is 0 Å². The van der Waals surface area contributed by atoms with E-state index in [2.05, 4.69) is 29.0 Å². The van der Waals surface area contributed by atoms with E-state index in [1.165, 1.54) is 12.3 Å². The molecule has 0 saturated carbocycles. The molecule has 1 unspecified atom stereocenters. The second kappa shape index (κ2) is 10.7. The van der Waals surface area contributed by atoms with Crippen LogP contribution in [0.1, 0.15) is 38.9 Å². The molecule has 1 aromatic rings. The molecule has 0 spiro atoms. The lowest BCUT2D eigenvalue weighted by Crippen LogP contribution is -2.32. The Kier molecular flexibility index (Phi) is 9.14. The van der Waals surface area contributed by atoms with Crippen molar-refractivity contribution < 1.29 is 9.13 Å². The van der Waals surface area contributed by atoms with E-state index in [-0.39, 0.29) is 11.9 Å². The van der Waals surface area contributed by atoms with Crippen LogP contribution in [0.25, 0.3) is 0 Å². The first-order chi connectivity index (χ1) is 10.2. The molecule has 0 aliphatic heterocycles. The zero-order chi connectivity index (χ0) is 15.5. The first-order valence-electron chi connectivity index (χ1n) is 7.86. The fraction of sp³-hybridized carbons (Fsp3) is 0.688. The molecule has 1 aromatic heterocycles. The number of aromatic nitrogens is 1. The molecule has 1 heterocycles. The summed E-state index contributed by atoms with van der Waals surface area (Å²) in [7, 11) is 0. The Bertz CT molecular complexity index is 372. The topological polar surface area (TPSA) is 37.4 Å². The van der Waals surface area contributed by atoms with Crippen molar-refractivity contribution in [2.24, 2.45) is 0 Å². The summed E-state index contributed by atoms with van der Waals surface area (Å²) in [6, 6.07) is 3.40. The molecule has 1 atom stereocenters. The van der Waals surface area contributed by atoms with Gasteiger partial charge in [0.25, 0.3) is 0 Å². The second-order valence-electron chi connectivity index (χ2n) is 4.93. The van der Waals surface area contributed by atoms with Gasteiger partial charge in [0.2, 0.25) is 0 Å². The summed E-state index contributed by atoms with van der Waals surface area (Å²) in [6.07, 6.45) is 2.23. The maximum Gasteiger partial charge on any atom is 0.141 e. The van der Waals surface area contributed by atoms with Gasteiger partial charge in [0.15, 0.2) is 0 Å². The minimum absolute atomic E-state index is 0.164. The highest BCUT2D eigenvalue weighted by molar-refractivity contribution is 5.09. The van der Waals surface area contributed by atoms with E-state index in [0.717, 1.165) is 51.5 Å². The van der Waals surface area contributed by atoms with Crippen molar-refractivity contribution in [2.45, 2.75) is 33.2 Å². The van der Waals surface area contributed by atoms with Crippen LogP contribution in [0.4, 0.5) is 4.39 Å². The predicted octanol–water partition coefficient (Wildman–Crippen LogP) is 2.62. The van der Waals surface area contributed by atoms with Crippen LogP contribution in [0.3, 0.4) is 0 Å². The van der Waals surface area contributed by atoms with Crippen LogP contribution in [0.5, 0.6) is 0 Å². The van der Waals surface area contributed by atoms with Crippen LogP contribution in [0.15, 0.2) is 18.3 Å². The molecule has 0 aliphatic rings. The largest absolute Gasteiger partial charge is 0.380 e. The van der Waals surface area contributed by atoms with Gasteiger partial charge in [-0.2, -0.15) is 0 Å². The molecule has 0 amide bonds. The molecule has 4 nitrogen and oxygen atoms in total. The van der Waals surface area contributed by atoms with Crippen LogP contribution in [0, 0.1) is 5.82 Å². The van der Waals surface area contributed by atoms with Crippen LogP contribution < -0.4 is 5.32 Å². The summed E-state index contributed by atoms with van der Waals surface area (Å²) in [6.45, 7) is 11.6. The summed E-state index contributed by atoms with van der Waals surface area (Å²) in [5.41, 5.74) is 0.902. The van der Waals surface area contributed by atoms with Gasteiger partial charge in [-0.3, -0.25) is 4.98 Å². The third-order valence-corrected chi connectivity index (χ3v) is 3.50. The van der Waals surface area contributed by atoms with Gasteiger partial charge in [0.05, 0.1) is 24.5 Å². The van der Waals surface area contributed by atoms with Crippen molar-refractivity contribution in [3.63, 3.8) is 0 Å². The van der Waals surface area contributed by atoms with Crippen molar-refractivity contribution >= 4 is 0 Å². The number of nitrogens with zero attached hydrogens (tertiary/aromatic N) is 2. The summed E-state index contributed by atoms with van der Waals surface area (Å²) in [5.74, 6) is -0.291. The maximum absolute atomic E-state index is 13.0. The second-order valence-corrected chi connectivity index (χ2v) is 4.93. The Labute approximate surface area is 127 Å². The van der Waals surface area contributed by atoms with Gasteiger partial charge >= 0.3 is 0 Å². The lowest BCUT2D eigenvalue weighted by atomic mass is 10.1. The van der Waals surface area contributed by atoms with Gasteiger partial charge in [0, 0.05) is 19.7 Å². The summed E-state index contributed by atoms with van der Waals surface area (Å²) >= 11 is 0. The molecular formula is C16H28FN3O. The molecular weight excluding hydrogens is 269 g/mol. The third-order valence-electron chi connectivity index (χ3n) is 3.50. The molecule has 0 bridgehead atoms. The first-order valence-corrected chi connectivity index (χ1v) is 7.86. The van der Waals surface area contributed by atoms with Crippen LogP contribution in [0.2, 0.25) is 0 Å². The smallest absolute Gasteiger partial charge is 0.141 e. The number of hydrogen-bond acceptors (Lipinski definition) is 4. The van der Waals surface area contributed by atoms with Crippen molar-refractivity contribution in [1.82, 2.24) is 15.2 Å². The van der Waals surface area contributed by atoms with E-state index < -0.39 is 0 Å². The van der Waals surface area contributed by atoms with Crippen LogP contribution in [-0.4, -0.2) is 49.3 Å². The van der Waals surface area contributed by atoms with Crippen LogP contribution in [-0.2, 0) is 4.74 Å². The fourth-order valence-corrected chi connectivity index (χ4v) is 2.27. The Balaban J connectivity index is 2.51. The van der Waals surface area contributed by atoms with E-state index in [0.29, 0.717) is 0 Å². The molecule has 5 heteroatoms. The minimum atomic E-state index is -0.291. The molecule has 0 radical (unpaired) electrons. The van der Waals surface area contributed by atoms with Crippen molar-refractivity contribution in [2.75, 3.05) is 39.4 Å². The monoisotopic (exact) mass is 297 g/mol. The molecule has 120 valence electrons. The standard InChI is InChI=1S/C16H28FN3O/c1-4-18-16(15-8-7-14(17)13-19-15)9-10-20(5-2)11-12-21-6-3/h7-8,13,16,18H,4-6,9-12H2,1-3H3. The highest BCUT2D eigenvalue weighted by Crippen LogP contribution is 2.15. The highest BCUT2D eigenvalue weighted by Gasteiger charge is 2.13. The Morgan fingerprint density at radius 3 is 2.67 bits per heavy atom. The molecule has 0 aliphatic carbocycles.